The van der Waals surface area contributed by atoms with Crippen molar-refractivity contribution in [1.29, 1.82) is 0 Å². The largest absolute Gasteiger partial charge is 0.464 e. The van der Waals surface area contributed by atoms with Crippen LogP contribution in [0.3, 0.4) is 0 Å². The first-order valence-corrected chi connectivity index (χ1v) is 6.95. The van der Waals surface area contributed by atoms with E-state index in [2.05, 4.69) is 10.6 Å². The number of furan rings is 1. The second kappa shape index (κ2) is 6.85. The highest BCUT2D eigenvalue weighted by molar-refractivity contribution is 6.42. The number of halogens is 2. The number of hydrogen-bond donors (Lipinski definition) is 3. The molecule has 1 atom stereocenters. The number of benzene rings is 1. The van der Waals surface area contributed by atoms with Gasteiger partial charge in [0.1, 0.15) is 17.6 Å². The molecule has 3 N–H and O–H groups in total. The zero-order valence-corrected chi connectivity index (χ0v) is 12.7. The van der Waals surface area contributed by atoms with Gasteiger partial charge in [0.25, 0.3) is 0 Å². The lowest BCUT2D eigenvalue weighted by Crippen LogP contribution is -2.32. The highest BCUT2D eigenvalue weighted by atomic mass is 35.5. The highest BCUT2D eigenvalue weighted by Gasteiger charge is 2.13. The molecule has 7 heteroatoms. The zero-order valence-electron chi connectivity index (χ0n) is 11.2. The minimum Gasteiger partial charge on any atom is -0.464 e. The first-order valence-electron chi connectivity index (χ1n) is 6.20. The van der Waals surface area contributed by atoms with Gasteiger partial charge in [-0.1, -0.05) is 23.2 Å². The number of carbonyl (C=O) groups excluding carboxylic acids is 1. The zero-order chi connectivity index (χ0) is 15.4. The van der Waals surface area contributed by atoms with Gasteiger partial charge in [-0.15, -0.1) is 0 Å². The van der Waals surface area contributed by atoms with Crippen LogP contribution < -0.4 is 10.6 Å². The number of aliphatic hydroxyl groups is 1. The summed E-state index contributed by atoms with van der Waals surface area (Å²) in [4.78, 5) is 11.7. The number of nitrogens with one attached hydrogen (secondary N) is 2. The molecule has 1 aromatic carbocycles. The Balaban J connectivity index is 1.85. The molecule has 2 rings (SSSR count). The maximum atomic E-state index is 11.7. The maximum absolute atomic E-state index is 11.7. The van der Waals surface area contributed by atoms with Gasteiger partial charge in [0, 0.05) is 5.69 Å². The summed E-state index contributed by atoms with van der Waals surface area (Å²) in [5.41, 5.74) is 0.505. The Morgan fingerprint density at radius 2 is 2.05 bits per heavy atom. The lowest BCUT2D eigenvalue weighted by Gasteiger charge is -2.11. The first kappa shape index (κ1) is 15.7. The Morgan fingerprint density at radius 3 is 2.67 bits per heavy atom. The predicted molar refractivity (Wildman–Crippen MR) is 81.9 cm³/mol. The first-order chi connectivity index (χ1) is 9.95. The van der Waals surface area contributed by atoms with E-state index in [4.69, 9.17) is 27.6 Å². The van der Waals surface area contributed by atoms with Crippen molar-refractivity contribution in [2.45, 2.75) is 13.0 Å². The van der Waals surface area contributed by atoms with Crippen molar-refractivity contribution in [3.63, 3.8) is 0 Å². The van der Waals surface area contributed by atoms with Crippen LogP contribution in [0.25, 0.3) is 0 Å². The van der Waals surface area contributed by atoms with Crippen molar-refractivity contribution >= 4 is 34.9 Å². The molecule has 0 bridgehead atoms. The second-order valence-electron chi connectivity index (χ2n) is 4.43. The fourth-order valence-corrected chi connectivity index (χ4v) is 1.97. The fourth-order valence-electron chi connectivity index (χ4n) is 1.67. The van der Waals surface area contributed by atoms with Crippen LogP contribution in [0.4, 0.5) is 10.5 Å². The second-order valence-corrected chi connectivity index (χ2v) is 5.24. The van der Waals surface area contributed by atoms with Crippen LogP contribution in [0.5, 0.6) is 0 Å². The molecule has 0 aliphatic heterocycles. The van der Waals surface area contributed by atoms with E-state index in [1.165, 1.54) is 6.07 Å². The van der Waals surface area contributed by atoms with E-state index in [0.29, 0.717) is 27.3 Å². The molecule has 0 saturated heterocycles. The van der Waals surface area contributed by atoms with Crippen LogP contribution >= 0.6 is 23.2 Å². The van der Waals surface area contributed by atoms with Crippen molar-refractivity contribution in [1.82, 2.24) is 5.32 Å². The molecule has 1 unspecified atom stereocenters. The summed E-state index contributed by atoms with van der Waals surface area (Å²) in [6.07, 6.45) is -0.904. The van der Waals surface area contributed by atoms with Crippen molar-refractivity contribution in [2.24, 2.45) is 0 Å². The van der Waals surface area contributed by atoms with Crippen LogP contribution in [-0.4, -0.2) is 17.7 Å². The van der Waals surface area contributed by atoms with E-state index in [-0.39, 0.29) is 6.54 Å². The number of aryl methyl sites for hydroxylation is 1. The molecule has 0 saturated carbocycles. The molecular formula is C14H14Cl2N2O3. The third-order valence-electron chi connectivity index (χ3n) is 2.72. The number of amides is 2. The van der Waals surface area contributed by atoms with Gasteiger partial charge in [0.15, 0.2) is 0 Å². The van der Waals surface area contributed by atoms with Gasteiger partial charge in [0.05, 0.1) is 16.6 Å². The van der Waals surface area contributed by atoms with Gasteiger partial charge in [-0.3, -0.25) is 0 Å². The molecule has 0 aliphatic carbocycles. The normalized spacial score (nSPS) is 12.0. The van der Waals surface area contributed by atoms with Gasteiger partial charge in [0.2, 0.25) is 0 Å². The van der Waals surface area contributed by atoms with Crippen LogP contribution in [0, 0.1) is 6.92 Å². The molecular weight excluding hydrogens is 315 g/mol. The van der Waals surface area contributed by atoms with Crippen molar-refractivity contribution in [3.8, 4) is 0 Å². The molecule has 1 heterocycles. The van der Waals surface area contributed by atoms with Crippen LogP contribution in [0.1, 0.15) is 17.6 Å². The standard InChI is InChI=1S/C14H14Cl2N2O3/c1-8-2-5-13(21-8)12(19)7-17-14(20)18-9-3-4-10(15)11(16)6-9/h2-6,12,19H,7H2,1H3,(H2,17,18,20). The molecule has 0 radical (unpaired) electrons. The topological polar surface area (TPSA) is 74.5 Å². The number of hydrogen-bond acceptors (Lipinski definition) is 3. The number of anilines is 1. The molecule has 0 aliphatic rings. The lowest BCUT2D eigenvalue weighted by atomic mass is 10.3. The van der Waals surface area contributed by atoms with Gasteiger partial charge < -0.3 is 20.2 Å². The third-order valence-corrected chi connectivity index (χ3v) is 3.46. The van der Waals surface area contributed by atoms with E-state index >= 15 is 0 Å². The van der Waals surface area contributed by atoms with Crippen LogP contribution in [0.2, 0.25) is 10.0 Å². The van der Waals surface area contributed by atoms with Crippen molar-refractivity contribution in [2.75, 3.05) is 11.9 Å². The van der Waals surface area contributed by atoms with E-state index in [9.17, 15) is 9.90 Å². The summed E-state index contributed by atoms with van der Waals surface area (Å²) in [5, 5.41) is 15.7. The van der Waals surface area contributed by atoms with E-state index in [0.717, 1.165) is 0 Å². The molecule has 5 nitrogen and oxygen atoms in total. The maximum Gasteiger partial charge on any atom is 0.319 e. The van der Waals surface area contributed by atoms with E-state index in [1.54, 1.807) is 31.2 Å². The number of aliphatic hydroxyl groups excluding tert-OH is 1. The van der Waals surface area contributed by atoms with Crippen LogP contribution in [-0.2, 0) is 0 Å². The van der Waals surface area contributed by atoms with Gasteiger partial charge in [-0.05, 0) is 37.3 Å². The average molecular weight is 329 g/mol. The Labute approximate surface area is 131 Å². The average Bonchev–Trinajstić information content (AvgIpc) is 2.87. The van der Waals surface area contributed by atoms with Gasteiger partial charge in [-0.25, -0.2) is 4.79 Å². The SMILES string of the molecule is Cc1ccc(C(O)CNC(=O)Nc2ccc(Cl)c(Cl)c2)o1. The minimum absolute atomic E-state index is 0.0279. The summed E-state index contributed by atoms with van der Waals surface area (Å²) in [6.45, 7) is 1.81. The van der Waals surface area contributed by atoms with Gasteiger partial charge >= 0.3 is 6.03 Å². The van der Waals surface area contributed by atoms with E-state index < -0.39 is 12.1 Å². The Hall–Kier alpha value is -1.69. The quantitative estimate of drug-likeness (QED) is 0.800. The Kier molecular flexibility index (Phi) is 5.12. The van der Waals surface area contributed by atoms with E-state index in [1.807, 2.05) is 0 Å². The smallest absolute Gasteiger partial charge is 0.319 e. The minimum atomic E-state index is -0.904. The molecule has 2 aromatic rings. The van der Waals surface area contributed by atoms with Crippen LogP contribution in [0.15, 0.2) is 34.7 Å². The summed E-state index contributed by atoms with van der Waals surface area (Å²) in [5.74, 6) is 1.10. The number of urea groups is 1. The lowest BCUT2D eigenvalue weighted by molar-refractivity contribution is 0.148. The summed E-state index contributed by atoms with van der Waals surface area (Å²) in [6, 6.07) is 7.69. The molecule has 21 heavy (non-hydrogen) atoms. The summed E-state index contributed by atoms with van der Waals surface area (Å²) >= 11 is 11.6. The summed E-state index contributed by atoms with van der Waals surface area (Å²) in [7, 11) is 0. The Bertz CT molecular complexity index is 643. The van der Waals surface area contributed by atoms with Crippen molar-refractivity contribution in [3.05, 3.63) is 51.9 Å². The number of carbonyl (C=O) groups is 1. The van der Waals surface area contributed by atoms with Crippen molar-refractivity contribution < 1.29 is 14.3 Å². The van der Waals surface area contributed by atoms with Gasteiger partial charge in [-0.2, -0.15) is 0 Å². The molecule has 0 spiro atoms. The highest BCUT2D eigenvalue weighted by Crippen LogP contribution is 2.24. The fraction of sp³-hybridized carbons (Fsp3) is 0.214. The molecule has 2 amide bonds. The Morgan fingerprint density at radius 1 is 1.29 bits per heavy atom. The third kappa shape index (κ3) is 4.39. The molecule has 1 aromatic heterocycles. The summed E-state index contributed by atoms with van der Waals surface area (Å²) < 4.78 is 5.27. The predicted octanol–water partition coefficient (Wildman–Crippen LogP) is 3.75. The monoisotopic (exact) mass is 328 g/mol. The molecule has 112 valence electrons. The molecule has 0 fully saturated rings. The number of rotatable bonds is 4.